The van der Waals surface area contributed by atoms with Crippen LogP contribution in [0, 0.1) is 29.6 Å². The summed E-state index contributed by atoms with van der Waals surface area (Å²) in [4.78, 5) is 14.7. The Morgan fingerprint density at radius 2 is 1.00 bits per heavy atom. The quantitative estimate of drug-likeness (QED) is 0.216. The lowest BCUT2D eigenvalue weighted by molar-refractivity contribution is -0.148. The van der Waals surface area contributed by atoms with Crippen molar-refractivity contribution in [3.63, 3.8) is 0 Å². The van der Waals surface area contributed by atoms with Crippen LogP contribution in [0.4, 0.5) is 0 Å². The van der Waals surface area contributed by atoms with Crippen LogP contribution in [0.2, 0.25) is 0 Å². The zero-order chi connectivity index (χ0) is 28.8. The molecule has 0 atom stereocenters. The van der Waals surface area contributed by atoms with E-state index in [0.717, 1.165) is 54.6 Å². The first-order chi connectivity index (χ1) is 19.9. The molecule has 0 unspecified atom stereocenters. The number of hydrogen-bond donors (Lipinski definition) is 0. The number of carbonyl (C=O) groups excluding carboxylic acids is 1. The number of allylic oxidation sites excluding steroid dienone is 2. The maximum atomic E-state index is 11.6. The summed E-state index contributed by atoms with van der Waals surface area (Å²) < 4.78 is 11.3. The van der Waals surface area contributed by atoms with Crippen LogP contribution in [0.5, 0.6) is 0 Å². The molecule has 0 saturated heterocycles. The van der Waals surface area contributed by atoms with Crippen molar-refractivity contribution in [3.8, 4) is 0 Å². The van der Waals surface area contributed by atoms with Gasteiger partial charge in [0.2, 0.25) is 0 Å². The van der Waals surface area contributed by atoms with Crippen LogP contribution in [0.1, 0.15) is 149 Å². The fourth-order valence-electron chi connectivity index (χ4n) is 9.80. The molecule has 41 heavy (non-hydrogen) atoms. The number of rotatable bonds is 8. The number of methoxy groups -OCH3 is 1. The minimum Gasteiger partial charge on any atom is -0.463 e. The zero-order valence-corrected chi connectivity index (χ0v) is 27.2. The van der Waals surface area contributed by atoms with Crippen LogP contribution in [-0.2, 0) is 14.3 Å². The predicted molar refractivity (Wildman–Crippen MR) is 169 cm³/mol. The molecule has 0 aromatic rings. The first kappa shape index (κ1) is 31.6. The van der Waals surface area contributed by atoms with Crippen LogP contribution < -0.4 is 0 Å². The van der Waals surface area contributed by atoms with Gasteiger partial charge in [0.1, 0.15) is 6.10 Å². The second-order valence-electron chi connectivity index (χ2n) is 15.3. The first-order valence-corrected chi connectivity index (χ1v) is 18.1. The third-order valence-corrected chi connectivity index (χ3v) is 12.4. The summed E-state index contributed by atoms with van der Waals surface area (Å²) in [6, 6.07) is 2.51. The van der Waals surface area contributed by atoms with Gasteiger partial charge < -0.3 is 9.47 Å². The van der Waals surface area contributed by atoms with E-state index in [2.05, 4.69) is 24.8 Å². The molecule has 4 nitrogen and oxygen atoms in total. The molecular weight excluding hydrogens is 506 g/mol. The largest absolute Gasteiger partial charge is 0.463 e. The van der Waals surface area contributed by atoms with Gasteiger partial charge in [-0.1, -0.05) is 25.5 Å². The topological polar surface area (TPSA) is 38.8 Å². The van der Waals surface area contributed by atoms with Crippen LogP contribution in [0.3, 0.4) is 0 Å². The Bertz CT molecular complexity index is 793. The van der Waals surface area contributed by atoms with E-state index >= 15 is 0 Å². The van der Waals surface area contributed by atoms with Crippen molar-refractivity contribution in [2.45, 2.75) is 180 Å². The highest BCUT2D eigenvalue weighted by Crippen LogP contribution is 2.44. The Morgan fingerprint density at radius 1 is 0.585 bits per heavy atom. The minimum atomic E-state index is -0.113. The Hall–Kier alpha value is -0.870. The molecule has 0 aliphatic heterocycles. The van der Waals surface area contributed by atoms with E-state index in [9.17, 15) is 4.79 Å². The van der Waals surface area contributed by atoms with Crippen molar-refractivity contribution in [2.75, 3.05) is 7.11 Å². The summed E-state index contributed by atoms with van der Waals surface area (Å²) in [5.41, 5.74) is 1.80. The molecule has 5 aliphatic rings. The maximum Gasteiger partial charge on any atom is 0.302 e. The van der Waals surface area contributed by atoms with Gasteiger partial charge in [-0.3, -0.25) is 9.69 Å². The van der Waals surface area contributed by atoms with Crippen LogP contribution in [-0.4, -0.2) is 48.3 Å². The summed E-state index contributed by atoms with van der Waals surface area (Å²) in [6.07, 6.45) is 30.0. The number of hydrogen-bond acceptors (Lipinski definition) is 4. The second kappa shape index (κ2) is 15.2. The molecule has 4 heteroatoms. The van der Waals surface area contributed by atoms with Crippen LogP contribution in [0.15, 0.2) is 11.6 Å². The molecule has 5 saturated carbocycles. The lowest BCUT2D eigenvalue weighted by Gasteiger charge is -2.49. The first-order valence-electron chi connectivity index (χ1n) is 18.1. The smallest absolute Gasteiger partial charge is 0.302 e. The van der Waals surface area contributed by atoms with E-state index < -0.39 is 0 Å². The third kappa shape index (κ3) is 8.62. The molecule has 0 aromatic carbocycles. The van der Waals surface area contributed by atoms with Crippen molar-refractivity contribution >= 4 is 5.97 Å². The molecule has 0 aromatic heterocycles. The van der Waals surface area contributed by atoms with Crippen molar-refractivity contribution in [2.24, 2.45) is 29.6 Å². The average Bonchev–Trinajstić information content (AvgIpc) is 2.99. The van der Waals surface area contributed by atoms with E-state index in [1.54, 1.807) is 12.5 Å². The van der Waals surface area contributed by atoms with Crippen LogP contribution in [0.25, 0.3) is 0 Å². The van der Waals surface area contributed by atoms with E-state index in [0.29, 0.717) is 12.0 Å². The molecule has 0 radical (unpaired) electrons. The molecule has 0 spiro atoms. The number of nitrogens with zero attached hydrogens (tertiary/aromatic N) is 1. The Kier molecular flexibility index (Phi) is 11.7. The van der Waals surface area contributed by atoms with Gasteiger partial charge >= 0.3 is 5.97 Å². The van der Waals surface area contributed by atoms with Gasteiger partial charge in [0, 0.05) is 32.2 Å². The Balaban J connectivity index is 1.24. The van der Waals surface area contributed by atoms with Gasteiger partial charge in [0.25, 0.3) is 0 Å². The molecule has 5 aliphatic carbocycles. The molecule has 0 bridgehead atoms. The minimum absolute atomic E-state index is 0.113. The summed E-state index contributed by atoms with van der Waals surface area (Å²) >= 11 is 0. The highest BCUT2D eigenvalue weighted by molar-refractivity contribution is 5.66. The Labute approximate surface area is 252 Å². The molecule has 234 valence electrons. The van der Waals surface area contributed by atoms with E-state index in [-0.39, 0.29) is 12.1 Å². The van der Waals surface area contributed by atoms with Gasteiger partial charge in [0.15, 0.2) is 0 Å². The molecule has 0 amide bonds. The second-order valence-corrected chi connectivity index (χ2v) is 15.3. The van der Waals surface area contributed by atoms with Gasteiger partial charge in [-0.05, 0) is 158 Å². The fourth-order valence-corrected chi connectivity index (χ4v) is 9.80. The predicted octanol–water partition coefficient (Wildman–Crippen LogP) is 9.26. The van der Waals surface area contributed by atoms with Crippen molar-refractivity contribution < 1.29 is 14.3 Å². The molecule has 5 rings (SSSR count). The van der Waals surface area contributed by atoms with Crippen LogP contribution >= 0.6 is 0 Å². The number of carbonyl (C=O) groups is 1. The van der Waals surface area contributed by atoms with Gasteiger partial charge in [-0.15, -0.1) is 0 Å². The lowest BCUT2D eigenvalue weighted by atomic mass is 9.70. The molecule has 5 fully saturated rings. The van der Waals surface area contributed by atoms with Gasteiger partial charge in [0.05, 0.1) is 6.10 Å². The fraction of sp³-hybridized carbons (Fsp3) is 0.919. The van der Waals surface area contributed by atoms with E-state index in [1.807, 2.05) is 7.11 Å². The van der Waals surface area contributed by atoms with Gasteiger partial charge in [-0.2, -0.15) is 0 Å². The SMILES string of the molecule is COC1CCC(C(=CC2CCC(N(C3CCC(C)CC3)C3CCC(C)CC3)CC2)C2CCC(OC(C)=O)CC2)CC1. The number of ether oxygens (including phenoxy) is 2. The van der Waals surface area contributed by atoms with Crippen molar-refractivity contribution in [3.05, 3.63) is 11.6 Å². The average molecular weight is 570 g/mol. The molecular formula is C37H63NO3. The normalized spacial score (nSPS) is 41.2. The summed E-state index contributed by atoms with van der Waals surface area (Å²) in [6.45, 7) is 6.51. The van der Waals surface area contributed by atoms with Crippen molar-refractivity contribution in [1.29, 1.82) is 0 Å². The maximum absolute atomic E-state index is 11.6. The zero-order valence-electron chi connectivity index (χ0n) is 27.2. The summed E-state index contributed by atoms with van der Waals surface area (Å²) in [5.74, 6) is 3.93. The molecule has 0 heterocycles. The lowest BCUT2D eigenvalue weighted by Crippen LogP contribution is -2.52. The van der Waals surface area contributed by atoms with Crippen molar-refractivity contribution in [1.82, 2.24) is 4.90 Å². The van der Waals surface area contributed by atoms with Gasteiger partial charge in [-0.25, -0.2) is 0 Å². The highest BCUT2D eigenvalue weighted by Gasteiger charge is 2.38. The summed E-state index contributed by atoms with van der Waals surface area (Å²) in [7, 11) is 1.89. The van der Waals surface area contributed by atoms with E-state index in [4.69, 9.17) is 9.47 Å². The standard InChI is InChI=1S/C37H63NO3/c1-26-5-15-32(16-6-26)38(33-17-7-27(2)8-18-33)34-19-9-29(10-20-34)25-37(30-11-21-35(40-4)22-12-30)31-13-23-36(24-14-31)41-28(3)39/h25-27,29-36H,5-24H2,1-4H3. The third-order valence-electron chi connectivity index (χ3n) is 12.4. The highest BCUT2D eigenvalue weighted by atomic mass is 16.5. The number of esters is 1. The summed E-state index contributed by atoms with van der Waals surface area (Å²) in [5, 5.41) is 0. The Morgan fingerprint density at radius 3 is 1.41 bits per heavy atom. The monoisotopic (exact) mass is 569 g/mol. The van der Waals surface area contributed by atoms with E-state index in [1.165, 1.54) is 116 Å². The molecule has 0 N–H and O–H groups in total.